The van der Waals surface area contributed by atoms with Crippen molar-refractivity contribution in [3.63, 3.8) is 0 Å². The first kappa shape index (κ1) is 29.7. The van der Waals surface area contributed by atoms with Crippen molar-refractivity contribution in [2.75, 3.05) is 50.2 Å². The average molecular weight is 609 g/mol. The van der Waals surface area contributed by atoms with E-state index in [1.54, 1.807) is 53.2 Å². The number of carbonyl (C=O) groups is 3. The molecule has 2 aliphatic rings. The Labute approximate surface area is 260 Å². The first-order chi connectivity index (χ1) is 21.9. The summed E-state index contributed by atoms with van der Waals surface area (Å²) in [6, 6.07) is 25.7. The van der Waals surface area contributed by atoms with E-state index in [-0.39, 0.29) is 24.5 Å². The number of hydrogen-bond acceptors (Lipinski definition) is 6. The van der Waals surface area contributed by atoms with Crippen molar-refractivity contribution in [2.24, 2.45) is 0 Å². The van der Waals surface area contributed by atoms with Crippen LogP contribution >= 0.6 is 0 Å². The molecule has 4 aromatic carbocycles. The lowest BCUT2D eigenvalue weighted by Crippen LogP contribution is -2.36. The van der Waals surface area contributed by atoms with Crippen molar-refractivity contribution in [1.82, 2.24) is 9.80 Å². The van der Waals surface area contributed by atoms with E-state index in [4.69, 9.17) is 9.47 Å². The van der Waals surface area contributed by atoms with Gasteiger partial charge in [0, 0.05) is 62.3 Å². The zero-order valence-electron chi connectivity index (χ0n) is 24.9. The summed E-state index contributed by atoms with van der Waals surface area (Å²) in [5, 5.41) is 2.91. The summed E-state index contributed by atoms with van der Waals surface area (Å²) in [6.07, 6.45) is 0.664. The molecule has 230 valence electrons. The maximum absolute atomic E-state index is 14.0. The second kappa shape index (κ2) is 13.1. The molecule has 2 heterocycles. The molecule has 6 rings (SSSR count). The summed E-state index contributed by atoms with van der Waals surface area (Å²) in [7, 11) is 1.75. The highest BCUT2D eigenvalue weighted by Gasteiger charge is 2.26. The number of hydrogen-bond donors (Lipinski definition) is 1. The van der Waals surface area contributed by atoms with Crippen LogP contribution in [-0.4, -0.2) is 67.5 Å². The van der Waals surface area contributed by atoms with E-state index in [1.807, 2.05) is 36.4 Å². The third kappa shape index (κ3) is 6.75. The SMILES string of the molecule is CN(Cc1ccccc1)C(=O)c1cc(NC(=O)c2ccc3c(c2)OCO3)ccc1N1CCCN(C(=O)c2cccc(F)c2)CC1. The smallest absolute Gasteiger partial charge is 0.256 e. The molecule has 3 amide bonds. The van der Waals surface area contributed by atoms with Gasteiger partial charge >= 0.3 is 0 Å². The van der Waals surface area contributed by atoms with E-state index in [9.17, 15) is 18.8 Å². The van der Waals surface area contributed by atoms with Crippen molar-refractivity contribution in [2.45, 2.75) is 13.0 Å². The fourth-order valence-corrected chi connectivity index (χ4v) is 5.60. The zero-order valence-corrected chi connectivity index (χ0v) is 24.9. The molecule has 1 N–H and O–H groups in total. The number of carbonyl (C=O) groups excluding carboxylic acids is 3. The molecule has 0 aromatic heterocycles. The predicted octanol–water partition coefficient (Wildman–Crippen LogP) is 5.43. The molecule has 10 heteroatoms. The number of nitrogens with one attached hydrogen (secondary N) is 1. The monoisotopic (exact) mass is 608 g/mol. The van der Waals surface area contributed by atoms with Gasteiger partial charge in [-0.05, 0) is 66.6 Å². The molecule has 0 bridgehead atoms. The van der Waals surface area contributed by atoms with E-state index < -0.39 is 5.82 Å². The largest absolute Gasteiger partial charge is 0.454 e. The Morgan fingerprint density at radius 3 is 2.47 bits per heavy atom. The van der Waals surface area contributed by atoms with Crippen LogP contribution < -0.4 is 19.7 Å². The van der Waals surface area contributed by atoms with Crippen LogP contribution in [0.5, 0.6) is 11.5 Å². The Kier molecular flexibility index (Phi) is 8.63. The molecule has 0 saturated carbocycles. The Balaban J connectivity index is 1.25. The van der Waals surface area contributed by atoms with Gasteiger partial charge in [0.1, 0.15) is 5.82 Å². The van der Waals surface area contributed by atoms with Crippen LogP contribution in [0.1, 0.15) is 43.1 Å². The maximum atomic E-state index is 14.0. The number of amides is 3. The van der Waals surface area contributed by atoms with Crippen LogP contribution in [0.3, 0.4) is 0 Å². The fraction of sp³-hybridized carbons (Fsp3) is 0.229. The first-order valence-electron chi connectivity index (χ1n) is 14.8. The van der Waals surface area contributed by atoms with Crippen LogP contribution in [0.2, 0.25) is 0 Å². The number of rotatable bonds is 7. The molecule has 0 spiro atoms. The topological polar surface area (TPSA) is 91.4 Å². The number of anilines is 2. The minimum atomic E-state index is -0.453. The van der Waals surface area contributed by atoms with Crippen molar-refractivity contribution >= 4 is 29.1 Å². The second-order valence-electron chi connectivity index (χ2n) is 11.0. The molecule has 45 heavy (non-hydrogen) atoms. The van der Waals surface area contributed by atoms with Crippen LogP contribution in [0.15, 0.2) is 91.0 Å². The lowest BCUT2D eigenvalue weighted by Gasteiger charge is -2.28. The lowest BCUT2D eigenvalue weighted by atomic mass is 10.1. The molecular weight excluding hydrogens is 575 g/mol. The van der Waals surface area contributed by atoms with E-state index in [1.165, 1.54) is 18.2 Å². The number of halogens is 1. The molecule has 0 unspecified atom stereocenters. The molecule has 2 aliphatic heterocycles. The summed E-state index contributed by atoms with van der Waals surface area (Å²) < 4.78 is 24.5. The van der Waals surface area contributed by atoms with Crippen molar-refractivity contribution < 1.29 is 28.2 Å². The molecule has 1 saturated heterocycles. The Bertz CT molecular complexity index is 1730. The number of nitrogens with zero attached hydrogens (tertiary/aromatic N) is 3. The molecule has 1 fully saturated rings. The van der Waals surface area contributed by atoms with E-state index in [0.717, 1.165) is 5.56 Å². The summed E-state index contributed by atoms with van der Waals surface area (Å²) in [6.45, 7) is 2.52. The van der Waals surface area contributed by atoms with Crippen molar-refractivity contribution in [3.8, 4) is 11.5 Å². The minimum absolute atomic E-state index is 0.108. The molecular formula is C35H33FN4O5. The number of fused-ring (bicyclic) bond motifs is 1. The summed E-state index contributed by atoms with van der Waals surface area (Å²) in [4.78, 5) is 45.7. The van der Waals surface area contributed by atoms with E-state index >= 15 is 0 Å². The summed E-state index contributed by atoms with van der Waals surface area (Å²) in [5.41, 5.74) is 3.30. The van der Waals surface area contributed by atoms with Gasteiger partial charge in [-0.1, -0.05) is 36.4 Å². The van der Waals surface area contributed by atoms with Crippen LogP contribution in [0, 0.1) is 5.82 Å². The van der Waals surface area contributed by atoms with Gasteiger partial charge in [-0.2, -0.15) is 0 Å². The van der Waals surface area contributed by atoms with Gasteiger partial charge in [0.2, 0.25) is 6.79 Å². The first-order valence-corrected chi connectivity index (χ1v) is 14.8. The predicted molar refractivity (Wildman–Crippen MR) is 168 cm³/mol. The van der Waals surface area contributed by atoms with Gasteiger partial charge in [0.15, 0.2) is 11.5 Å². The molecule has 9 nitrogen and oxygen atoms in total. The third-order valence-corrected chi connectivity index (χ3v) is 7.92. The van der Waals surface area contributed by atoms with Crippen molar-refractivity contribution in [1.29, 1.82) is 0 Å². The molecule has 4 aromatic rings. The highest BCUT2D eigenvalue weighted by atomic mass is 19.1. The van der Waals surface area contributed by atoms with Gasteiger partial charge < -0.3 is 29.5 Å². The maximum Gasteiger partial charge on any atom is 0.256 e. The molecule has 0 aliphatic carbocycles. The van der Waals surface area contributed by atoms with Gasteiger partial charge in [-0.15, -0.1) is 0 Å². The standard InChI is InChI=1S/C35H33FN4O5/c1-38(22-24-7-3-2-4-8-24)35(43)29-21-28(37-33(41)25-11-14-31-32(20-25)45-23-44-31)12-13-30(29)39-15-6-16-40(18-17-39)34(42)26-9-5-10-27(36)19-26/h2-5,7-14,19-21H,6,15-18,22-23H2,1H3,(H,37,41). The highest BCUT2D eigenvalue weighted by molar-refractivity contribution is 6.06. The Morgan fingerprint density at radius 2 is 1.64 bits per heavy atom. The van der Waals surface area contributed by atoms with E-state index in [0.29, 0.717) is 78.7 Å². The molecule has 0 atom stereocenters. The van der Waals surface area contributed by atoms with Crippen LogP contribution in [0.25, 0.3) is 0 Å². The van der Waals surface area contributed by atoms with Crippen LogP contribution in [0.4, 0.5) is 15.8 Å². The Morgan fingerprint density at radius 1 is 0.822 bits per heavy atom. The van der Waals surface area contributed by atoms with Crippen molar-refractivity contribution in [3.05, 3.63) is 119 Å². The average Bonchev–Trinajstić information content (AvgIpc) is 3.40. The Hall–Kier alpha value is -5.38. The fourth-order valence-electron chi connectivity index (χ4n) is 5.60. The zero-order chi connectivity index (χ0) is 31.3. The van der Waals surface area contributed by atoms with Gasteiger partial charge in [0.05, 0.1) is 5.56 Å². The van der Waals surface area contributed by atoms with Gasteiger partial charge in [-0.3, -0.25) is 14.4 Å². The summed E-state index contributed by atoms with van der Waals surface area (Å²) >= 11 is 0. The minimum Gasteiger partial charge on any atom is -0.454 e. The van der Waals surface area contributed by atoms with Crippen LogP contribution in [-0.2, 0) is 6.54 Å². The second-order valence-corrected chi connectivity index (χ2v) is 11.0. The highest BCUT2D eigenvalue weighted by Crippen LogP contribution is 2.33. The van der Waals surface area contributed by atoms with Gasteiger partial charge in [-0.25, -0.2) is 4.39 Å². The number of ether oxygens (including phenoxy) is 2. The lowest BCUT2D eigenvalue weighted by molar-refractivity contribution is 0.0763. The quantitative estimate of drug-likeness (QED) is 0.301. The third-order valence-electron chi connectivity index (χ3n) is 7.92. The van der Waals surface area contributed by atoms with E-state index in [2.05, 4.69) is 10.2 Å². The number of benzene rings is 4. The normalized spacial score (nSPS) is 14.1. The molecule has 0 radical (unpaired) electrons. The summed E-state index contributed by atoms with van der Waals surface area (Å²) in [5.74, 6) is -0.146. The van der Waals surface area contributed by atoms with Gasteiger partial charge in [0.25, 0.3) is 17.7 Å².